The number of carbonyl (C=O) groups is 1. The molecule has 0 bridgehead atoms. The summed E-state index contributed by atoms with van der Waals surface area (Å²) in [7, 11) is 3.52. The predicted octanol–water partition coefficient (Wildman–Crippen LogP) is 3.79. The maximum atomic E-state index is 11.4. The smallest absolute Gasteiger partial charge is 0.285 e. The minimum Gasteiger partial charge on any atom is -0.339 e. The summed E-state index contributed by atoms with van der Waals surface area (Å²) in [6.45, 7) is 6.01. The molecule has 3 heteroatoms. The van der Waals surface area contributed by atoms with E-state index < -0.39 is 0 Å². The van der Waals surface area contributed by atoms with Gasteiger partial charge in [0.1, 0.15) is 0 Å². The van der Waals surface area contributed by atoms with Gasteiger partial charge in [-0.25, -0.2) is 0 Å². The molecule has 1 rings (SSSR count). The van der Waals surface area contributed by atoms with Crippen molar-refractivity contribution < 1.29 is 4.79 Å². The Morgan fingerprint density at radius 1 is 1.20 bits per heavy atom. The van der Waals surface area contributed by atoms with Crippen LogP contribution in [0, 0.1) is 6.92 Å². The van der Waals surface area contributed by atoms with Crippen molar-refractivity contribution >= 4 is 17.0 Å². The Balaban J connectivity index is 0.000000921. The third-order valence-corrected chi connectivity index (χ3v) is 2.87. The van der Waals surface area contributed by atoms with Crippen molar-refractivity contribution in [2.24, 2.45) is 0 Å². The summed E-state index contributed by atoms with van der Waals surface area (Å²) in [5.74, 6) is 0. The minimum atomic E-state index is 0.0642. The van der Waals surface area contributed by atoms with Crippen LogP contribution >= 0.6 is 11.8 Å². The summed E-state index contributed by atoms with van der Waals surface area (Å²) in [5, 5.41) is 0.0642. The lowest BCUT2D eigenvalue weighted by atomic mass is 10.2. The lowest BCUT2D eigenvalue weighted by Gasteiger charge is -2.10. The molecule has 0 radical (unpaired) electrons. The van der Waals surface area contributed by atoms with Crippen LogP contribution in [0.3, 0.4) is 0 Å². The molecule has 84 valence electrons. The Bertz CT molecular complexity index is 310. The van der Waals surface area contributed by atoms with Crippen LogP contribution in [0.5, 0.6) is 0 Å². The lowest BCUT2D eigenvalue weighted by Crippen LogP contribution is -2.16. The molecule has 1 amide bonds. The first-order valence-electron chi connectivity index (χ1n) is 5.06. The first-order chi connectivity index (χ1) is 7.11. The highest BCUT2D eigenvalue weighted by atomic mass is 32.2. The van der Waals surface area contributed by atoms with E-state index in [2.05, 4.69) is 0 Å². The fourth-order valence-electron chi connectivity index (χ4n) is 0.856. The van der Waals surface area contributed by atoms with E-state index in [0.29, 0.717) is 0 Å². The van der Waals surface area contributed by atoms with E-state index in [4.69, 9.17) is 0 Å². The molecule has 0 spiro atoms. The van der Waals surface area contributed by atoms with Crippen molar-refractivity contribution in [3.05, 3.63) is 29.8 Å². The van der Waals surface area contributed by atoms with Crippen LogP contribution < -0.4 is 0 Å². The van der Waals surface area contributed by atoms with Crippen molar-refractivity contribution in [3.63, 3.8) is 0 Å². The SMILES string of the molecule is CC.Cc1ccccc1SC(=O)N(C)C. The van der Waals surface area contributed by atoms with E-state index in [9.17, 15) is 4.79 Å². The van der Waals surface area contributed by atoms with Crippen LogP contribution in [0.1, 0.15) is 19.4 Å². The molecular formula is C12H19NOS. The second-order valence-corrected chi connectivity index (χ2v) is 4.02. The summed E-state index contributed by atoms with van der Waals surface area (Å²) in [6.07, 6.45) is 0. The van der Waals surface area contributed by atoms with Crippen LogP contribution in [0.25, 0.3) is 0 Å². The number of nitrogens with zero attached hydrogens (tertiary/aromatic N) is 1. The van der Waals surface area contributed by atoms with Gasteiger partial charge in [0.05, 0.1) is 0 Å². The number of aryl methyl sites for hydroxylation is 1. The van der Waals surface area contributed by atoms with E-state index in [0.717, 1.165) is 10.5 Å². The Morgan fingerprint density at radius 2 is 1.73 bits per heavy atom. The third-order valence-electron chi connectivity index (χ3n) is 1.66. The van der Waals surface area contributed by atoms with Gasteiger partial charge in [0.2, 0.25) is 0 Å². The molecule has 0 aliphatic rings. The van der Waals surface area contributed by atoms with Gasteiger partial charge in [-0.3, -0.25) is 4.79 Å². The molecule has 0 saturated carbocycles. The molecule has 15 heavy (non-hydrogen) atoms. The van der Waals surface area contributed by atoms with Crippen molar-refractivity contribution in [1.82, 2.24) is 4.90 Å². The van der Waals surface area contributed by atoms with Crippen LogP contribution in [0.4, 0.5) is 4.79 Å². The van der Waals surface area contributed by atoms with Crippen molar-refractivity contribution in [2.75, 3.05) is 14.1 Å². The molecule has 1 aromatic carbocycles. The van der Waals surface area contributed by atoms with Crippen LogP contribution in [0.15, 0.2) is 29.2 Å². The first-order valence-corrected chi connectivity index (χ1v) is 5.87. The van der Waals surface area contributed by atoms with E-state index >= 15 is 0 Å². The van der Waals surface area contributed by atoms with Gasteiger partial charge in [-0.15, -0.1) is 0 Å². The van der Waals surface area contributed by atoms with Crippen molar-refractivity contribution in [3.8, 4) is 0 Å². The number of hydrogen-bond donors (Lipinski definition) is 0. The van der Waals surface area contributed by atoms with Gasteiger partial charge in [0, 0.05) is 19.0 Å². The Morgan fingerprint density at radius 3 is 2.20 bits per heavy atom. The van der Waals surface area contributed by atoms with Gasteiger partial charge in [-0.1, -0.05) is 32.0 Å². The molecule has 0 fully saturated rings. The summed E-state index contributed by atoms with van der Waals surface area (Å²) in [4.78, 5) is 14.0. The summed E-state index contributed by atoms with van der Waals surface area (Å²) < 4.78 is 0. The maximum Gasteiger partial charge on any atom is 0.285 e. The van der Waals surface area contributed by atoms with Gasteiger partial charge in [0.15, 0.2) is 0 Å². The topological polar surface area (TPSA) is 20.3 Å². The Labute approximate surface area is 96.7 Å². The molecule has 0 aliphatic heterocycles. The van der Waals surface area contributed by atoms with Gasteiger partial charge < -0.3 is 4.90 Å². The second kappa shape index (κ2) is 7.35. The lowest BCUT2D eigenvalue weighted by molar-refractivity contribution is 0.241. The summed E-state index contributed by atoms with van der Waals surface area (Å²) in [6, 6.07) is 7.88. The molecule has 0 aromatic heterocycles. The molecule has 0 N–H and O–H groups in total. The number of benzene rings is 1. The second-order valence-electron chi connectivity index (χ2n) is 3.03. The highest BCUT2D eigenvalue weighted by Crippen LogP contribution is 2.23. The quantitative estimate of drug-likeness (QED) is 0.678. The van der Waals surface area contributed by atoms with Crippen LogP contribution in [0.2, 0.25) is 0 Å². The molecule has 0 heterocycles. The van der Waals surface area contributed by atoms with E-state index in [1.165, 1.54) is 11.8 Å². The molecule has 0 unspecified atom stereocenters. The van der Waals surface area contributed by atoms with E-state index in [1.54, 1.807) is 19.0 Å². The number of thioether (sulfide) groups is 1. The predicted molar refractivity (Wildman–Crippen MR) is 67.5 cm³/mol. The standard InChI is InChI=1S/C10H13NOS.C2H6/c1-8-6-4-5-7-9(8)13-10(12)11(2)3;1-2/h4-7H,1-3H3;1-2H3. The zero-order chi connectivity index (χ0) is 11.8. The zero-order valence-corrected chi connectivity index (χ0v) is 10.9. The average Bonchev–Trinajstić information content (AvgIpc) is 2.24. The summed E-state index contributed by atoms with van der Waals surface area (Å²) in [5.41, 5.74) is 1.14. The van der Waals surface area contributed by atoms with Gasteiger partial charge in [-0.05, 0) is 30.3 Å². The van der Waals surface area contributed by atoms with Gasteiger partial charge >= 0.3 is 0 Å². The average molecular weight is 225 g/mol. The van der Waals surface area contributed by atoms with Crippen molar-refractivity contribution in [1.29, 1.82) is 0 Å². The third kappa shape index (κ3) is 4.88. The molecule has 0 aliphatic carbocycles. The maximum absolute atomic E-state index is 11.4. The van der Waals surface area contributed by atoms with Crippen LogP contribution in [-0.4, -0.2) is 24.2 Å². The van der Waals surface area contributed by atoms with E-state index in [-0.39, 0.29) is 5.24 Å². The number of rotatable bonds is 1. The molecular weight excluding hydrogens is 206 g/mol. The largest absolute Gasteiger partial charge is 0.339 e. The fraction of sp³-hybridized carbons (Fsp3) is 0.417. The minimum absolute atomic E-state index is 0.0642. The molecule has 0 saturated heterocycles. The first kappa shape index (κ1) is 14.0. The number of hydrogen-bond acceptors (Lipinski definition) is 2. The normalized spacial score (nSPS) is 8.87. The number of carbonyl (C=O) groups excluding carboxylic acids is 1. The van der Waals surface area contributed by atoms with Gasteiger partial charge in [-0.2, -0.15) is 0 Å². The molecule has 1 aromatic rings. The molecule has 0 atom stereocenters. The van der Waals surface area contributed by atoms with E-state index in [1.807, 2.05) is 45.0 Å². The van der Waals surface area contributed by atoms with Crippen molar-refractivity contribution in [2.45, 2.75) is 25.7 Å². The zero-order valence-electron chi connectivity index (χ0n) is 10.1. The monoisotopic (exact) mass is 225 g/mol. The van der Waals surface area contributed by atoms with Crippen LogP contribution in [-0.2, 0) is 0 Å². The summed E-state index contributed by atoms with van der Waals surface area (Å²) >= 11 is 1.27. The molecule has 2 nitrogen and oxygen atoms in total. The Hall–Kier alpha value is -0.960. The highest BCUT2D eigenvalue weighted by molar-refractivity contribution is 8.13. The fourth-order valence-corrected chi connectivity index (χ4v) is 1.60. The Kier molecular flexibility index (Phi) is 6.88. The highest BCUT2D eigenvalue weighted by Gasteiger charge is 2.07. The number of amides is 1. The van der Waals surface area contributed by atoms with Gasteiger partial charge in [0.25, 0.3) is 5.24 Å².